The van der Waals surface area contributed by atoms with Crippen LogP contribution in [0, 0.1) is 0 Å². The number of nitrogens with two attached hydrogens (primary N) is 1. The van der Waals surface area contributed by atoms with Crippen LogP contribution in [0.15, 0.2) is 24.3 Å². The number of carbonyl (C=O) groups is 1. The van der Waals surface area contributed by atoms with E-state index in [0.29, 0.717) is 23.3 Å². The molecule has 1 aromatic rings. The van der Waals surface area contributed by atoms with Crippen molar-refractivity contribution in [3.63, 3.8) is 0 Å². The summed E-state index contributed by atoms with van der Waals surface area (Å²) in [5.74, 6) is 0.102. The number of benzene rings is 1. The average Bonchev–Trinajstić information content (AvgIpc) is 2.58. The smallest absolute Gasteiger partial charge is 0.254 e. The summed E-state index contributed by atoms with van der Waals surface area (Å²) < 4.78 is 0. The van der Waals surface area contributed by atoms with Crippen molar-refractivity contribution in [1.82, 2.24) is 4.90 Å². The first-order valence-corrected chi connectivity index (χ1v) is 5.78. The van der Waals surface area contributed by atoms with Gasteiger partial charge in [0.05, 0.1) is 0 Å². The van der Waals surface area contributed by atoms with E-state index < -0.39 is 0 Å². The van der Waals surface area contributed by atoms with Crippen molar-refractivity contribution in [3.8, 4) is 0 Å². The minimum absolute atomic E-state index is 0.102. The summed E-state index contributed by atoms with van der Waals surface area (Å²) in [7, 11) is 0. The first kappa shape index (κ1) is 11.0. The molecule has 1 saturated heterocycles. The zero-order valence-corrected chi connectivity index (χ0v) is 9.81. The SMILES string of the molecule is CC1CCC(C)N1C(=O)c1cccc(N)c1. The van der Waals surface area contributed by atoms with Crippen LogP contribution in [-0.4, -0.2) is 22.9 Å². The van der Waals surface area contributed by atoms with Gasteiger partial charge in [0.1, 0.15) is 0 Å². The predicted octanol–water partition coefficient (Wildman–Crippen LogP) is 2.28. The highest BCUT2D eigenvalue weighted by atomic mass is 16.2. The largest absolute Gasteiger partial charge is 0.399 e. The monoisotopic (exact) mass is 218 g/mol. The molecule has 2 atom stereocenters. The Morgan fingerprint density at radius 2 is 1.94 bits per heavy atom. The average molecular weight is 218 g/mol. The van der Waals surface area contributed by atoms with Gasteiger partial charge in [-0.1, -0.05) is 6.07 Å². The molecule has 16 heavy (non-hydrogen) atoms. The molecule has 0 aliphatic carbocycles. The number of rotatable bonds is 1. The lowest BCUT2D eigenvalue weighted by molar-refractivity contribution is 0.0693. The van der Waals surface area contributed by atoms with Crippen molar-refractivity contribution in [2.75, 3.05) is 5.73 Å². The zero-order valence-electron chi connectivity index (χ0n) is 9.81. The Hall–Kier alpha value is -1.51. The van der Waals surface area contributed by atoms with Gasteiger partial charge in [-0.15, -0.1) is 0 Å². The van der Waals surface area contributed by atoms with Crippen molar-refractivity contribution in [2.24, 2.45) is 0 Å². The molecule has 2 unspecified atom stereocenters. The zero-order chi connectivity index (χ0) is 11.7. The third-order valence-electron chi connectivity index (χ3n) is 3.32. The number of carbonyl (C=O) groups excluding carboxylic acids is 1. The molecule has 2 N–H and O–H groups in total. The summed E-state index contributed by atoms with van der Waals surface area (Å²) in [6.45, 7) is 4.21. The summed E-state index contributed by atoms with van der Waals surface area (Å²) in [6.07, 6.45) is 2.18. The topological polar surface area (TPSA) is 46.3 Å². The van der Waals surface area contributed by atoms with Gasteiger partial charge in [-0.25, -0.2) is 0 Å². The molecular weight excluding hydrogens is 200 g/mol. The van der Waals surface area contributed by atoms with E-state index in [1.54, 1.807) is 12.1 Å². The second kappa shape index (κ2) is 4.16. The first-order chi connectivity index (χ1) is 7.59. The molecule has 1 amide bonds. The van der Waals surface area contributed by atoms with Crippen LogP contribution >= 0.6 is 0 Å². The van der Waals surface area contributed by atoms with Crippen LogP contribution in [0.2, 0.25) is 0 Å². The number of amides is 1. The third kappa shape index (κ3) is 1.90. The number of hydrogen-bond acceptors (Lipinski definition) is 2. The van der Waals surface area contributed by atoms with Crippen molar-refractivity contribution < 1.29 is 4.79 Å². The van der Waals surface area contributed by atoms with Crippen LogP contribution in [0.1, 0.15) is 37.0 Å². The van der Waals surface area contributed by atoms with Crippen LogP contribution in [0.5, 0.6) is 0 Å². The standard InChI is InChI=1S/C13H18N2O/c1-9-6-7-10(2)15(9)13(16)11-4-3-5-12(14)8-11/h3-5,8-10H,6-7,14H2,1-2H3. The van der Waals surface area contributed by atoms with Gasteiger partial charge in [-0.2, -0.15) is 0 Å². The summed E-state index contributed by atoms with van der Waals surface area (Å²) in [4.78, 5) is 14.3. The van der Waals surface area contributed by atoms with Crippen molar-refractivity contribution in [2.45, 2.75) is 38.8 Å². The van der Waals surface area contributed by atoms with Crippen LogP contribution < -0.4 is 5.73 Å². The number of hydrogen-bond donors (Lipinski definition) is 1. The second-order valence-electron chi connectivity index (χ2n) is 4.61. The maximum absolute atomic E-state index is 12.3. The van der Waals surface area contributed by atoms with E-state index >= 15 is 0 Å². The Kier molecular flexibility index (Phi) is 2.86. The Morgan fingerprint density at radius 1 is 1.31 bits per heavy atom. The first-order valence-electron chi connectivity index (χ1n) is 5.78. The van der Waals surface area contributed by atoms with Crippen LogP contribution in [0.25, 0.3) is 0 Å². The summed E-state index contributed by atoms with van der Waals surface area (Å²) in [5.41, 5.74) is 7.03. The van der Waals surface area contributed by atoms with Gasteiger partial charge in [0, 0.05) is 23.3 Å². The molecular formula is C13H18N2O. The Balaban J connectivity index is 2.25. The molecule has 3 nitrogen and oxygen atoms in total. The van der Waals surface area contributed by atoms with E-state index in [4.69, 9.17) is 5.73 Å². The molecule has 0 radical (unpaired) electrons. The second-order valence-corrected chi connectivity index (χ2v) is 4.61. The highest BCUT2D eigenvalue weighted by Gasteiger charge is 2.31. The van der Waals surface area contributed by atoms with Gasteiger partial charge < -0.3 is 10.6 Å². The molecule has 0 spiro atoms. The molecule has 1 aliphatic rings. The molecule has 1 fully saturated rings. The molecule has 0 saturated carbocycles. The van der Waals surface area contributed by atoms with Crippen molar-refractivity contribution in [1.29, 1.82) is 0 Å². The molecule has 0 bridgehead atoms. The van der Waals surface area contributed by atoms with Crippen LogP contribution in [0.3, 0.4) is 0 Å². The van der Waals surface area contributed by atoms with E-state index in [9.17, 15) is 4.79 Å². The lowest BCUT2D eigenvalue weighted by Gasteiger charge is -2.26. The van der Waals surface area contributed by atoms with Gasteiger partial charge in [-0.3, -0.25) is 4.79 Å². The Morgan fingerprint density at radius 3 is 2.50 bits per heavy atom. The van der Waals surface area contributed by atoms with Crippen LogP contribution in [-0.2, 0) is 0 Å². The summed E-state index contributed by atoms with van der Waals surface area (Å²) >= 11 is 0. The van der Waals surface area contributed by atoms with E-state index in [0.717, 1.165) is 12.8 Å². The molecule has 2 rings (SSSR count). The number of nitrogens with zero attached hydrogens (tertiary/aromatic N) is 1. The fourth-order valence-electron chi connectivity index (χ4n) is 2.42. The van der Waals surface area contributed by atoms with Gasteiger partial charge in [0.15, 0.2) is 0 Å². The molecule has 1 heterocycles. The predicted molar refractivity (Wildman–Crippen MR) is 65.2 cm³/mol. The molecule has 1 aromatic carbocycles. The van der Waals surface area contributed by atoms with E-state index in [2.05, 4.69) is 13.8 Å². The highest BCUT2D eigenvalue weighted by molar-refractivity contribution is 5.95. The fraction of sp³-hybridized carbons (Fsp3) is 0.462. The summed E-state index contributed by atoms with van der Waals surface area (Å²) in [6, 6.07) is 7.88. The molecule has 3 heteroatoms. The quantitative estimate of drug-likeness (QED) is 0.735. The maximum Gasteiger partial charge on any atom is 0.254 e. The lowest BCUT2D eigenvalue weighted by atomic mass is 10.1. The maximum atomic E-state index is 12.3. The molecule has 86 valence electrons. The third-order valence-corrected chi connectivity index (χ3v) is 3.32. The number of anilines is 1. The Labute approximate surface area is 96.2 Å². The van der Waals surface area contributed by atoms with Crippen molar-refractivity contribution >= 4 is 11.6 Å². The normalized spacial score (nSPS) is 24.8. The minimum atomic E-state index is 0.102. The van der Waals surface area contributed by atoms with E-state index in [1.807, 2.05) is 17.0 Å². The van der Waals surface area contributed by atoms with Crippen molar-refractivity contribution in [3.05, 3.63) is 29.8 Å². The van der Waals surface area contributed by atoms with Gasteiger partial charge >= 0.3 is 0 Å². The van der Waals surface area contributed by atoms with Gasteiger partial charge in [0.2, 0.25) is 0 Å². The van der Waals surface area contributed by atoms with Gasteiger partial charge in [-0.05, 0) is 44.9 Å². The highest BCUT2D eigenvalue weighted by Crippen LogP contribution is 2.25. The molecule has 0 aromatic heterocycles. The minimum Gasteiger partial charge on any atom is -0.399 e. The molecule has 1 aliphatic heterocycles. The van der Waals surface area contributed by atoms with E-state index in [1.165, 1.54) is 0 Å². The Bertz CT molecular complexity index is 393. The summed E-state index contributed by atoms with van der Waals surface area (Å²) in [5, 5.41) is 0. The number of likely N-dealkylation sites (tertiary alicyclic amines) is 1. The number of nitrogen functional groups attached to an aromatic ring is 1. The van der Waals surface area contributed by atoms with Crippen LogP contribution in [0.4, 0.5) is 5.69 Å². The van der Waals surface area contributed by atoms with Gasteiger partial charge in [0.25, 0.3) is 5.91 Å². The lowest BCUT2D eigenvalue weighted by Crippen LogP contribution is -2.38. The fourth-order valence-corrected chi connectivity index (χ4v) is 2.42. The van der Waals surface area contributed by atoms with E-state index in [-0.39, 0.29) is 5.91 Å².